The van der Waals surface area contributed by atoms with Crippen LogP contribution in [-0.4, -0.2) is 9.52 Å². The first-order valence-corrected chi connectivity index (χ1v) is 10.7. The Balaban J connectivity index is 1.91. The number of benzene rings is 2. The van der Waals surface area contributed by atoms with Crippen molar-refractivity contribution in [2.45, 2.75) is 66.2 Å². The van der Waals surface area contributed by atoms with Crippen molar-refractivity contribution in [2.75, 3.05) is 0 Å². The largest absolute Gasteiger partial charge is 0.123 e. The van der Waals surface area contributed by atoms with Gasteiger partial charge in [0.25, 0.3) is 0 Å². The number of hydrogen-bond acceptors (Lipinski definition) is 0. The molecule has 0 aliphatic heterocycles. The topological polar surface area (TPSA) is 0 Å². The molecule has 2 aromatic carbocycles. The maximum atomic E-state index is 2.47. The van der Waals surface area contributed by atoms with Crippen LogP contribution in [0.25, 0.3) is 6.08 Å². The molecule has 0 heterocycles. The standard InChI is InChI=1S/C24H30Si/c1-6-7-8-10-20-17(3)15-22-21(20)11-9-12-23(22)25-24-18(4)13-16(2)14-19(24)5/h9,11-15,20H,6-8,10H2,1-5H3. The van der Waals surface area contributed by atoms with Gasteiger partial charge in [-0.3, -0.25) is 0 Å². The van der Waals surface area contributed by atoms with Crippen LogP contribution < -0.4 is 10.4 Å². The first-order chi connectivity index (χ1) is 12.0. The van der Waals surface area contributed by atoms with Crippen molar-refractivity contribution >= 4 is 26.0 Å². The van der Waals surface area contributed by atoms with Gasteiger partial charge in [0.15, 0.2) is 0 Å². The second kappa shape index (κ2) is 7.74. The number of rotatable bonds is 6. The molecule has 0 nitrogen and oxygen atoms in total. The number of hydrogen-bond donors (Lipinski definition) is 0. The van der Waals surface area contributed by atoms with Gasteiger partial charge in [0.1, 0.15) is 9.52 Å². The fourth-order valence-electron chi connectivity index (χ4n) is 4.22. The second-order valence-electron chi connectivity index (χ2n) is 7.64. The van der Waals surface area contributed by atoms with Crippen LogP contribution in [0.3, 0.4) is 0 Å². The van der Waals surface area contributed by atoms with E-state index < -0.39 is 0 Å². The molecule has 3 rings (SSSR count). The second-order valence-corrected chi connectivity index (χ2v) is 8.93. The Morgan fingerprint density at radius 3 is 2.36 bits per heavy atom. The van der Waals surface area contributed by atoms with E-state index in [0.717, 1.165) is 9.52 Å². The quantitative estimate of drug-likeness (QED) is 0.489. The zero-order chi connectivity index (χ0) is 18.0. The van der Waals surface area contributed by atoms with Crippen LogP contribution in [0.1, 0.15) is 73.3 Å². The van der Waals surface area contributed by atoms with Crippen LogP contribution in [0.2, 0.25) is 0 Å². The third-order valence-corrected chi connectivity index (χ3v) is 7.21. The van der Waals surface area contributed by atoms with Gasteiger partial charge in [-0.2, -0.15) is 0 Å². The smallest absolute Gasteiger partial charge is 0.0654 e. The van der Waals surface area contributed by atoms with Crippen LogP contribution in [0, 0.1) is 20.8 Å². The predicted octanol–water partition coefficient (Wildman–Crippen LogP) is 5.35. The molecule has 25 heavy (non-hydrogen) atoms. The molecule has 0 fully saturated rings. The minimum atomic E-state index is 0.645. The van der Waals surface area contributed by atoms with Gasteiger partial charge in [0.2, 0.25) is 0 Å². The van der Waals surface area contributed by atoms with Crippen molar-refractivity contribution in [3.63, 3.8) is 0 Å². The molecule has 1 atom stereocenters. The van der Waals surface area contributed by atoms with Crippen LogP contribution in [0.4, 0.5) is 0 Å². The zero-order valence-corrected chi connectivity index (χ0v) is 17.4. The number of fused-ring (bicyclic) bond motifs is 1. The van der Waals surface area contributed by atoms with Crippen LogP contribution in [-0.2, 0) is 0 Å². The third kappa shape index (κ3) is 3.82. The molecular weight excluding hydrogens is 316 g/mol. The molecule has 130 valence electrons. The molecule has 0 spiro atoms. The van der Waals surface area contributed by atoms with Gasteiger partial charge in [-0.1, -0.05) is 95.2 Å². The van der Waals surface area contributed by atoms with Crippen LogP contribution >= 0.6 is 0 Å². The molecule has 0 saturated carbocycles. The van der Waals surface area contributed by atoms with E-state index in [0.29, 0.717) is 5.92 Å². The molecule has 1 aliphatic rings. The Bertz CT molecular complexity index is 775. The number of unbranched alkanes of at least 4 members (excludes halogenated alkanes) is 2. The molecule has 0 amide bonds. The first kappa shape index (κ1) is 18.2. The molecule has 1 unspecified atom stereocenters. The summed E-state index contributed by atoms with van der Waals surface area (Å²) in [6.07, 6.45) is 7.76. The summed E-state index contributed by atoms with van der Waals surface area (Å²) in [7, 11) is 0.750. The lowest BCUT2D eigenvalue weighted by Gasteiger charge is -2.16. The number of allylic oxidation sites excluding steroid dienone is 1. The Morgan fingerprint density at radius 2 is 1.68 bits per heavy atom. The molecule has 0 N–H and O–H groups in total. The molecule has 2 aromatic rings. The maximum Gasteiger partial charge on any atom is 0.123 e. The minimum absolute atomic E-state index is 0.645. The summed E-state index contributed by atoms with van der Waals surface area (Å²) in [5.74, 6) is 0.645. The van der Waals surface area contributed by atoms with E-state index in [-0.39, 0.29) is 0 Å². The van der Waals surface area contributed by atoms with Crippen molar-refractivity contribution in [3.8, 4) is 0 Å². The molecule has 1 aliphatic carbocycles. The lowest BCUT2D eigenvalue weighted by atomic mass is 9.91. The Kier molecular flexibility index (Phi) is 5.63. The van der Waals surface area contributed by atoms with E-state index in [4.69, 9.17) is 0 Å². The SMILES string of the molecule is CCCCCC1C(C)=Cc2c([Si]c3c(C)cc(C)cc3C)cccc21. The normalized spacial score (nSPS) is 16.0. The summed E-state index contributed by atoms with van der Waals surface area (Å²) in [6.45, 7) is 11.3. The monoisotopic (exact) mass is 346 g/mol. The molecule has 0 bridgehead atoms. The predicted molar refractivity (Wildman–Crippen MR) is 113 cm³/mol. The molecule has 1 heteroatoms. The van der Waals surface area contributed by atoms with Gasteiger partial charge >= 0.3 is 0 Å². The van der Waals surface area contributed by atoms with Crippen LogP contribution in [0.5, 0.6) is 0 Å². The van der Waals surface area contributed by atoms with Gasteiger partial charge in [-0.15, -0.1) is 0 Å². The lowest BCUT2D eigenvalue weighted by Crippen LogP contribution is -2.33. The molecule has 0 saturated heterocycles. The van der Waals surface area contributed by atoms with Crippen molar-refractivity contribution < 1.29 is 0 Å². The first-order valence-electron chi connectivity index (χ1n) is 9.67. The summed E-state index contributed by atoms with van der Waals surface area (Å²) in [4.78, 5) is 0. The fourth-order valence-corrected chi connectivity index (χ4v) is 5.56. The highest BCUT2D eigenvalue weighted by molar-refractivity contribution is 6.69. The van der Waals surface area contributed by atoms with E-state index in [1.165, 1.54) is 58.3 Å². The van der Waals surface area contributed by atoms with Gasteiger partial charge < -0.3 is 0 Å². The van der Waals surface area contributed by atoms with Crippen LogP contribution in [0.15, 0.2) is 35.9 Å². The third-order valence-electron chi connectivity index (χ3n) is 5.47. The highest BCUT2D eigenvalue weighted by Crippen LogP contribution is 2.38. The van der Waals surface area contributed by atoms with Gasteiger partial charge in [0, 0.05) is 5.92 Å². The summed E-state index contributed by atoms with van der Waals surface area (Å²) >= 11 is 0. The lowest BCUT2D eigenvalue weighted by molar-refractivity contribution is 0.618. The Labute approximate surface area is 156 Å². The summed E-state index contributed by atoms with van der Waals surface area (Å²) in [6, 6.07) is 11.6. The maximum absolute atomic E-state index is 2.47. The molecule has 2 radical (unpaired) electrons. The highest BCUT2D eigenvalue weighted by atomic mass is 28.2. The summed E-state index contributed by atoms with van der Waals surface area (Å²) < 4.78 is 0. The van der Waals surface area contributed by atoms with Crippen molar-refractivity contribution in [1.82, 2.24) is 0 Å². The van der Waals surface area contributed by atoms with E-state index in [1.54, 1.807) is 11.1 Å². The molecule has 0 aromatic heterocycles. The van der Waals surface area contributed by atoms with E-state index in [2.05, 4.69) is 71.0 Å². The molecular formula is C24H30Si. The van der Waals surface area contributed by atoms with Crippen molar-refractivity contribution in [1.29, 1.82) is 0 Å². The Hall–Kier alpha value is -1.60. The van der Waals surface area contributed by atoms with Crippen molar-refractivity contribution in [3.05, 3.63) is 63.7 Å². The van der Waals surface area contributed by atoms with Gasteiger partial charge in [-0.05, 0) is 45.2 Å². The average Bonchev–Trinajstić information content (AvgIpc) is 2.88. The Morgan fingerprint density at radius 1 is 0.960 bits per heavy atom. The van der Waals surface area contributed by atoms with Crippen molar-refractivity contribution in [2.24, 2.45) is 0 Å². The fraction of sp³-hybridized carbons (Fsp3) is 0.417. The minimum Gasteiger partial charge on any atom is -0.0654 e. The summed E-state index contributed by atoms with van der Waals surface area (Å²) in [5.41, 5.74) is 8.88. The van der Waals surface area contributed by atoms with E-state index in [1.807, 2.05) is 0 Å². The number of aryl methyl sites for hydroxylation is 3. The summed E-state index contributed by atoms with van der Waals surface area (Å²) in [5, 5.41) is 3.05. The van der Waals surface area contributed by atoms with E-state index in [9.17, 15) is 0 Å². The highest BCUT2D eigenvalue weighted by Gasteiger charge is 2.24. The average molecular weight is 347 g/mol. The van der Waals surface area contributed by atoms with Gasteiger partial charge in [0.05, 0.1) is 0 Å². The van der Waals surface area contributed by atoms with Gasteiger partial charge in [-0.25, -0.2) is 0 Å². The van der Waals surface area contributed by atoms with E-state index >= 15 is 0 Å². The zero-order valence-electron chi connectivity index (χ0n) is 16.4.